The minimum atomic E-state index is 0.225. The summed E-state index contributed by atoms with van der Waals surface area (Å²) in [6.45, 7) is 8.43. The Kier molecular flexibility index (Phi) is 7.93. The van der Waals surface area contributed by atoms with Crippen LogP contribution in [0.2, 0.25) is 0 Å². The number of nitrogens with two attached hydrogens (primary N) is 1. The largest absolute Gasteiger partial charge is 0.466 e. The SMILES string of the molecule is CCCCCCCCCC(NN)c1c(C)oc(C)c1C. The molecule has 0 spiro atoms. The fourth-order valence-corrected chi connectivity index (χ4v) is 2.94. The van der Waals surface area contributed by atoms with Gasteiger partial charge in [-0.2, -0.15) is 0 Å². The van der Waals surface area contributed by atoms with E-state index in [0.29, 0.717) is 0 Å². The van der Waals surface area contributed by atoms with E-state index in [2.05, 4.69) is 19.3 Å². The molecule has 0 amide bonds. The molecule has 116 valence electrons. The molecule has 1 aromatic rings. The number of furan rings is 1. The van der Waals surface area contributed by atoms with E-state index in [-0.39, 0.29) is 6.04 Å². The number of aryl methyl sites for hydroxylation is 2. The van der Waals surface area contributed by atoms with Crippen LogP contribution in [0.3, 0.4) is 0 Å². The second-order valence-corrected chi connectivity index (χ2v) is 5.88. The van der Waals surface area contributed by atoms with E-state index >= 15 is 0 Å². The number of hydrazine groups is 1. The Morgan fingerprint density at radius 1 is 0.950 bits per heavy atom. The first-order valence-electron chi connectivity index (χ1n) is 8.14. The summed E-state index contributed by atoms with van der Waals surface area (Å²) in [5.74, 6) is 7.76. The van der Waals surface area contributed by atoms with Crippen LogP contribution in [0.25, 0.3) is 0 Å². The summed E-state index contributed by atoms with van der Waals surface area (Å²) in [7, 11) is 0. The smallest absolute Gasteiger partial charge is 0.106 e. The van der Waals surface area contributed by atoms with Gasteiger partial charge in [0, 0.05) is 11.6 Å². The lowest BCUT2D eigenvalue weighted by atomic mass is 9.97. The summed E-state index contributed by atoms with van der Waals surface area (Å²) in [5, 5.41) is 0. The van der Waals surface area contributed by atoms with Gasteiger partial charge in [-0.15, -0.1) is 0 Å². The van der Waals surface area contributed by atoms with Gasteiger partial charge in [0.25, 0.3) is 0 Å². The highest BCUT2D eigenvalue weighted by Gasteiger charge is 2.19. The van der Waals surface area contributed by atoms with E-state index in [0.717, 1.165) is 17.9 Å². The molecule has 1 rings (SSSR count). The zero-order valence-corrected chi connectivity index (χ0v) is 13.7. The molecule has 0 aromatic carbocycles. The van der Waals surface area contributed by atoms with Crippen molar-refractivity contribution < 1.29 is 4.42 Å². The second kappa shape index (κ2) is 9.19. The molecule has 0 radical (unpaired) electrons. The molecule has 3 heteroatoms. The molecule has 0 saturated heterocycles. The van der Waals surface area contributed by atoms with Crippen LogP contribution < -0.4 is 11.3 Å². The van der Waals surface area contributed by atoms with Crippen molar-refractivity contribution in [3.63, 3.8) is 0 Å². The third kappa shape index (κ3) is 4.95. The molecule has 3 nitrogen and oxygen atoms in total. The standard InChI is InChI=1S/C17H32N2O/c1-5-6-7-8-9-10-11-12-16(19-18)17-13(2)14(3)20-15(17)4/h16,19H,5-12,18H2,1-4H3. The highest BCUT2D eigenvalue weighted by molar-refractivity contribution is 5.34. The monoisotopic (exact) mass is 280 g/mol. The van der Waals surface area contributed by atoms with Gasteiger partial charge in [-0.05, 0) is 32.8 Å². The number of unbranched alkanes of at least 4 members (excludes halogenated alkanes) is 6. The summed E-state index contributed by atoms with van der Waals surface area (Å²) in [6.07, 6.45) is 10.4. The molecule has 20 heavy (non-hydrogen) atoms. The van der Waals surface area contributed by atoms with E-state index in [1.54, 1.807) is 0 Å². The molecule has 3 N–H and O–H groups in total. The molecule has 0 saturated carbocycles. The predicted octanol–water partition coefficient (Wildman–Crippen LogP) is 4.85. The Morgan fingerprint density at radius 2 is 1.55 bits per heavy atom. The van der Waals surface area contributed by atoms with Gasteiger partial charge in [0.05, 0.1) is 0 Å². The lowest BCUT2D eigenvalue weighted by molar-refractivity contribution is 0.456. The molecule has 1 atom stereocenters. The molecule has 0 aliphatic heterocycles. The molecule has 1 unspecified atom stereocenters. The molecule has 0 bridgehead atoms. The van der Waals surface area contributed by atoms with Crippen molar-refractivity contribution in [2.75, 3.05) is 0 Å². The van der Waals surface area contributed by atoms with Gasteiger partial charge in [-0.3, -0.25) is 11.3 Å². The van der Waals surface area contributed by atoms with Gasteiger partial charge in [0.2, 0.25) is 0 Å². The Labute approximate surface area is 124 Å². The van der Waals surface area contributed by atoms with Crippen molar-refractivity contribution in [3.05, 3.63) is 22.6 Å². The van der Waals surface area contributed by atoms with Crippen molar-refractivity contribution in [1.82, 2.24) is 5.43 Å². The van der Waals surface area contributed by atoms with Gasteiger partial charge in [-0.1, -0.05) is 51.9 Å². The van der Waals surface area contributed by atoms with Gasteiger partial charge in [-0.25, -0.2) is 0 Å². The van der Waals surface area contributed by atoms with Crippen molar-refractivity contribution in [2.45, 2.75) is 85.1 Å². The first-order valence-corrected chi connectivity index (χ1v) is 8.14. The van der Waals surface area contributed by atoms with Crippen LogP contribution in [0.4, 0.5) is 0 Å². The van der Waals surface area contributed by atoms with Crippen LogP contribution in [0.15, 0.2) is 4.42 Å². The summed E-state index contributed by atoms with van der Waals surface area (Å²) in [5.41, 5.74) is 5.47. The maximum absolute atomic E-state index is 5.74. The first kappa shape index (κ1) is 17.3. The van der Waals surface area contributed by atoms with Crippen molar-refractivity contribution in [3.8, 4) is 0 Å². The normalized spacial score (nSPS) is 12.8. The van der Waals surface area contributed by atoms with Crippen LogP contribution in [-0.4, -0.2) is 0 Å². The molecule has 1 heterocycles. The topological polar surface area (TPSA) is 51.2 Å². The van der Waals surface area contributed by atoms with Crippen LogP contribution >= 0.6 is 0 Å². The van der Waals surface area contributed by atoms with Gasteiger partial charge in [0.1, 0.15) is 11.5 Å². The summed E-state index contributed by atoms with van der Waals surface area (Å²) < 4.78 is 5.70. The quantitative estimate of drug-likeness (QED) is 0.366. The third-order valence-electron chi connectivity index (χ3n) is 4.26. The van der Waals surface area contributed by atoms with Crippen LogP contribution in [0.1, 0.15) is 87.0 Å². The highest BCUT2D eigenvalue weighted by Crippen LogP contribution is 2.29. The first-order chi connectivity index (χ1) is 9.61. The number of hydrogen-bond acceptors (Lipinski definition) is 3. The average Bonchev–Trinajstić information content (AvgIpc) is 2.68. The Hall–Kier alpha value is -0.800. The summed E-state index contributed by atoms with van der Waals surface area (Å²) in [4.78, 5) is 0. The van der Waals surface area contributed by atoms with E-state index in [1.807, 2.05) is 13.8 Å². The minimum absolute atomic E-state index is 0.225. The fourth-order valence-electron chi connectivity index (χ4n) is 2.94. The number of nitrogens with one attached hydrogen (secondary N) is 1. The predicted molar refractivity (Wildman–Crippen MR) is 85.6 cm³/mol. The van der Waals surface area contributed by atoms with Crippen LogP contribution in [0.5, 0.6) is 0 Å². The summed E-state index contributed by atoms with van der Waals surface area (Å²) >= 11 is 0. The lowest BCUT2D eigenvalue weighted by Crippen LogP contribution is -2.28. The zero-order chi connectivity index (χ0) is 15.0. The number of hydrogen-bond donors (Lipinski definition) is 2. The Morgan fingerprint density at radius 3 is 2.05 bits per heavy atom. The van der Waals surface area contributed by atoms with Crippen molar-refractivity contribution >= 4 is 0 Å². The van der Waals surface area contributed by atoms with E-state index in [1.165, 1.54) is 56.1 Å². The Bertz CT molecular complexity index is 385. The third-order valence-corrected chi connectivity index (χ3v) is 4.26. The number of rotatable bonds is 10. The Balaban J connectivity index is 2.36. The maximum Gasteiger partial charge on any atom is 0.106 e. The van der Waals surface area contributed by atoms with Crippen LogP contribution in [0, 0.1) is 20.8 Å². The maximum atomic E-state index is 5.74. The van der Waals surface area contributed by atoms with Crippen LogP contribution in [-0.2, 0) is 0 Å². The van der Waals surface area contributed by atoms with Crippen molar-refractivity contribution in [1.29, 1.82) is 0 Å². The highest BCUT2D eigenvalue weighted by atomic mass is 16.3. The van der Waals surface area contributed by atoms with Crippen molar-refractivity contribution in [2.24, 2.45) is 5.84 Å². The fraction of sp³-hybridized carbons (Fsp3) is 0.765. The molecular formula is C17H32N2O. The average molecular weight is 280 g/mol. The van der Waals surface area contributed by atoms with E-state index in [9.17, 15) is 0 Å². The zero-order valence-electron chi connectivity index (χ0n) is 13.7. The lowest BCUT2D eigenvalue weighted by Gasteiger charge is -2.16. The summed E-state index contributed by atoms with van der Waals surface area (Å²) in [6, 6.07) is 0.225. The van der Waals surface area contributed by atoms with Gasteiger partial charge < -0.3 is 4.42 Å². The molecule has 0 aliphatic rings. The molecule has 0 aliphatic carbocycles. The van der Waals surface area contributed by atoms with Gasteiger partial charge in [0.15, 0.2) is 0 Å². The molecule has 0 fully saturated rings. The second-order valence-electron chi connectivity index (χ2n) is 5.88. The van der Waals surface area contributed by atoms with Gasteiger partial charge >= 0.3 is 0 Å². The van der Waals surface area contributed by atoms with E-state index in [4.69, 9.17) is 10.3 Å². The molecule has 1 aromatic heterocycles. The van der Waals surface area contributed by atoms with E-state index < -0.39 is 0 Å². The minimum Gasteiger partial charge on any atom is -0.466 e. The molecular weight excluding hydrogens is 248 g/mol.